The molecule has 1 N–H and O–H groups in total. The lowest BCUT2D eigenvalue weighted by Gasteiger charge is -2.18. The third-order valence-corrected chi connectivity index (χ3v) is 5.15. The molecule has 1 aromatic heterocycles. The second-order valence-electron chi connectivity index (χ2n) is 6.98. The van der Waals surface area contributed by atoms with E-state index in [0.717, 1.165) is 5.69 Å². The summed E-state index contributed by atoms with van der Waals surface area (Å²) in [4.78, 5) is 37.7. The highest BCUT2D eigenvalue weighted by atomic mass is 35.5. The number of carbonyl (C=O) groups excluding carboxylic acids is 3. The lowest BCUT2D eigenvalue weighted by atomic mass is 10.0. The van der Waals surface area contributed by atoms with Crippen LogP contribution >= 0.6 is 11.6 Å². The van der Waals surface area contributed by atoms with Gasteiger partial charge in [0, 0.05) is 5.02 Å². The number of carbonyl (C=O) groups is 3. The average molecular weight is 440 g/mol. The molecule has 0 radical (unpaired) electrons. The Bertz CT molecular complexity index is 1110. The van der Waals surface area contributed by atoms with Gasteiger partial charge in [-0.1, -0.05) is 41.9 Å². The summed E-state index contributed by atoms with van der Waals surface area (Å²) in [6.45, 7) is 3.41. The van der Waals surface area contributed by atoms with Crippen molar-refractivity contribution in [2.45, 2.75) is 26.3 Å². The highest BCUT2D eigenvalue weighted by molar-refractivity contribution is 6.43. The number of esters is 1. The highest BCUT2D eigenvalue weighted by Gasteiger charge is 2.28. The quantitative estimate of drug-likeness (QED) is 0.344. The van der Waals surface area contributed by atoms with Crippen LogP contribution in [-0.2, 0) is 14.3 Å². The Morgan fingerprint density at radius 2 is 1.71 bits per heavy atom. The zero-order valence-corrected chi connectivity index (χ0v) is 18.1. The number of hydrogen-bond acceptors (Lipinski definition) is 5. The van der Waals surface area contributed by atoms with Crippen molar-refractivity contribution in [2.75, 3.05) is 7.11 Å². The molecule has 7 nitrogen and oxygen atoms in total. The molecule has 0 aliphatic rings. The number of ketones is 1. The van der Waals surface area contributed by atoms with E-state index in [9.17, 15) is 14.4 Å². The zero-order valence-electron chi connectivity index (χ0n) is 17.4. The molecule has 0 aliphatic heterocycles. The molecule has 3 rings (SSSR count). The van der Waals surface area contributed by atoms with Gasteiger partial charge in [-0.25, -0.2) is 4.68 Å². The maximum absolute atomic E-state index is 13.0. The van der Waals surface area contributed by atoms with E-state index in [1.165, 1.54) is 7.11 Å². The number of rotatable bonds is 7. The number of hydrogen-bond donors (Lipinski definition) is 1. The van der Waals surface area contributed by atoms with Crippen LogP contribution in [0.15, 0.2) is 54.6 Å². The Hall–Kier alpha value is -3.45. The van der Waals surface area contributed by atoms with Gasteiger partial charge in [-0.2, -0.15) is 5.10 Å². The van der Waals surface area contributed by atoms with Crippen molar-refractivity contribution >= 4 is 29.3 Å². The fourth-order valence-electron chi connectivity index (χ4n) is 3.33. The van der Waals surface area contributed by atoms with Crippen LogP contribution < -0.4 is 5.32 Å². The first-order valence-corrected chi connectivity index (χ1v) is 9.98. The van der Waals surface area contributed by atoms with Gasteiger partial charge >= 0.3 is 5.97 Å². The number of benzene rings is 2. The summed E-state index contributed by atoms with van der Waals surface area (Å²) in [5.41, 5.74) is 2.64. The van der Waals surface area contributed by atoms with E-state index in [1.54, 1.807) is 42.8 Å². The van der Waals surface area contributed by atoms with Crippen LogP contribution in [0.3, 0.4) is 0 Å². The Morgan fingerprint density at radius 3 is 2.32 bits per heavy atom. The summed E-state index contributed by atoms with van der Waals surface area (Å²) in [7, 11) is 1.26. The highest BCUT2D eigenvalue weighted by Crippen LogP contribution is 2.22. The van der Waals surface area contributed by atoms with Crippen LogP contribution in [0.5, 0.6) is 0 Å². The van der Waals surface area contributed by atoms with Crippen molar-refractivity contribution in [3.8, 4) is 5.69 Å². The first-order valence-electron chi connectivity index (χ1n) is 9.61. The van der Waals surface area contributed by atoms with Crippen LogP contribution in [0.1, 0.15) is 39.8 Å². The van der Waals surface area contributed by atoms with Crippen molar-refractivity contribution in [2.24, 2.45) is 0 Å². The van der Waals surface area contributed by atoms with E-state index in [-0.39, 0.29) is 12.0 Å². The minimum atomic E-state index is -0.831. The molecule has 1 unspecified atom stereocenters. The van der Waals surface area contributed by atoms with E-state index in [2.05, 4.69) is 10.4 Å². The summed E-state index contributed by atoms with van der Waals surface area (Å²) >= 11 is 5.93. The topological polar surface area (TPSA) is 90.3 Å². The van der Waals surface area contributed by atoms with Gasteiger partial charge in [0.15, 0.2) is 0 Å². The molecule has 0 aliphatic carbocycles. The molecule has 0 saturated heterocycles. The summed E-state index contributed by atoms with van der Waals surface area (Å²) in [6.07, 6.45) is -0.127. The monoisotopic (exact) mass is 439 g/mol. The molecule has 0 saturated carbocycles. The number of ether oxygens (including phenoxy) is 1. The molecule has 2 aromatic carbocycles. The molecule has 0 spiro atoms. The van der Waals surface area contributed by atoms with Crippen molar-refractivity contribution in [3.05, 3.63) is 82.1 Å². The van der Waals surface area contributed by atoms with Gasteiger partial charge in [-0.15, -0.1) is 0 Å². The van der Waals surface area contributed by atoms with Crippen LogP contribution in [0, 0.1) is 13.8 Å². The predicted molar refractivity (Wildman–Crippen MR) is 116 cm³/mol. The van der Waals surface area contributed by atoms with Gasteiger partial charge in [0.1, 0.15) is 0 Å². The maximum Gasteiger partial charge on any atom is 0.307 e. The summed E-state index contributed by atoms with van der Waals surface area (Å²) < 4.78 is 6.35. The molecule has 1 amide bonds. The number of methoxy groups -OCH3 is 1. The Morgan fingerprint density at radius 1 is 1.06 bits per heavy atom. The summed E-state index contributed by atoms with van der Waals surface area (Å²) in [6, 6.07) is 15.3. The van der Waals surface area contributed by atoms with Gasteiger partial charge in [0.05, 0.1) is 42.2 Å². The van der Waals surface area contributed by atoms with E-state index in [0.29, 0.717) is 22.0 Å². The number of aromatic nitrogens is 2. The van der Waals surface area contributed by atoms with Gasteiger partial charge in [-0.3, -0.25) is 14.4 Å². The van der Waals surface area contributed by atoms with Crippen molar-refractivity contribution in [3.63, 3.8) is 0 Å². The van der Waals surface area contributed by atoms with Gasteiger partial charge in [0.25, 0.3) is 11.7 Å². The number of nitrogens with zero attached hydrogens (tertiary/aromatic N) is 2. The maximum atomic E-state index is 13.0. The average Bonchev–Trinajstić information content (AvgIpc) is 3.07. The number of nitrogens with one attached hydrogen (secondary N) is 1. The van der Waals surface area contributed by atoms with Crippen molar-refractivity contribution < 1.29 is 19.1 Å². The molecular formula is C23H22ClN3O4. The summed E-state index contributed by atoms with van der Waals surface area (Å²) in [5.74, 6) is -2.07. The predicted octanol–water partition coefficient (Wildman–Crippen LogP) is 3.75. The largest absolute Gasteiger partial charge is 0.469 e. The van der Waals surface area contributed by atoms with E-state index < -0.39 is 23.7 Å². The molecule has 31 heavy (non-hydrogen) atoms. The molecule has 3 aromatic rings. The number of Topliss-reactive ketones (excluding diaryl/α,β-unsaturated/α-hetero) is 1. The second-order valence-corrected chi connectivity index (χ2v) is 7.42. The van der Waals surface area contributed by atoms with Gasteiger partial charge < -0.3 is 10.1 Å². The summed E-state index contributed by atoms with van der Waals surface area (Å²) in [5, 5.41) is 7.59. The minimum absolute atomic E-state index is 0.127. The number of aryl methyl sites for hydroxylation is 1. The Kier molecular flexibility index (Phi) is 6.87. The van der Waals surface area contributed by atoms with Crippen LogP contribution in [0.25, 0.3) is 5.69 Å². The van der Waals surface area contributed by atoms with Crippen LogP contribution in [-0.4, -0.2) is 34.6 Å². The zero-order chi connectivity index (χ0) is 22.5. The number of para-hydroxylation sites is 1. The SMILES string of the molecule is COC(=O)CC(NC(=O)C(=O)c1c(C)nn(-c2ccccc2)c1C)c1ccc(Cl)cc1. The molecule has 0 fully saturated rings. The minimum Gasteiger partial charge on any atom is -0.469 e. The Labute approximate surface area is 185 Å². The van der Waals surface area contributed by atoms with Crippen LogP contribution in [0.4, 0.5) is 0 Å². The smallest absolute Gasteiger partial charge is 0.307 e. The van der Waals surface area contributed by atoms with E-state index in [4.69, 9.17) is 16.3 Å². The van der Waals surface area contributed by atoms with E-state index in [1.807, 2.05) is 30.3 Å². The van der Waals surface area contributed by atoms with E-state index >= 15 is 0 Å². The fraction of sp³-hybridized carbons (Fsp3) is 0.217. The van der Waals surface area contributed by atoms with Crippen LogP contribution in [0.2, 0.25) is 5.02 Å². The number of halogens is 1. The van der Waals surface area contributed by atoms with Crippen molar-refractivity contribution in [1.29, 1.82) is 0 Å². The first-order chi connectivity index (χ1) is 14.8. The van der Waals surface area contributed by atoms with Gasteiger partial charge in [-0.05, 0) is 43.7 Å². The molecular weight excluding hydrogens is 418 g/mol. The fourth-order valence-corrected chi connectivity index (χ4v) is 3.45. The first kappa shape index (κ1) is 22.2. The normalized spacial score (nSPS) is 11.6. The third kappa shape index (κ3) is 5.00. The molecule has 1 atom stereocenters. The number of amides is 1. The molecule has 160 valence electrons. The second kappa shape index (κ2) is 9.57. The Balaban J connectivity index is 1.87. The van der Waals surface area contributed by atoms with Gasteiger partial charge in [0.2, 0.25) is 0 Å². The third-order valence-electron chi connectivity index (χ3n) is 4.90. The van der Waals surface area contributed by atoms with Crippen molar-refractivity contribution in [1.82, 2.24) is 15.1 Å². The molecule has 1 heterocycles. The lowest BCUT2D eigenvalue weighted by Crippen LogP contribution is -2.36. The standard InChI is InChI=1S/C23H22ClN3O4/c1-14-21(15(2)27(26-14)18-7-5-4-6-8-18)22(29)23(30)25-19(13-20(28)31-3)16-9-11-17(24)12-10-16/h4-12,19H,13H2,1-3H3,(H,25,30). The molecule has 0 bridgehead atoms. The molecule has 8 heteroatoms. The lowest BCUT2D eigenvalue weighted by molar-refractivity contribution is -0.141.